The third kappa shape index (κ3) is 2.70. The lowest BCUT2D eigenvalue weighted by molar-refractivity contribution is 0.125. The second kappa shape index (κ2) is 4.00. The normalized spacial score (nSPS) is 36.5. The molecule has 0 N–H and O–H groups in total. The van der Waals surface area contributed by atoms with E-state index >= 15 is 0 Å². The zero-order valence-corrected chi connectivity index (χ0v) is 9.13. The first-order chi connectivity index (χ1) is 6.28. The summed E-state index contributed by atoms with van der Waals surface area (Å²) in [5.41, 5.74) is 0. The van der Waals surface area contributed by atoms with Gasteiger partial charge in [0.25, 0.3) is 0 Å². The van der Waals surface area contributed by atoms with Crippen LogP contribution in [0.15, 0.2) is 0 Å². The minimum atomic E-state index is 0.942. The maximum absolute atomic E-state index is 2.72. The van der Waals surface area contributed by atoms with Crippen molar-refractivity contribution in [2.75, 3.05) is 19.6 Å². The molecule has 2 fully saturated rings. The van der Waals surface area contributed by atoms with Gasteiger partial charge in [-0.3, -0.25) is 0 Å². The minimum absolute atomic E-state index is 0.942. The van der Waals surface area contributed by atoms with E-state index in [0.29, 0.717) is 0 Å². The van der Waals surface area contributed by atoms with E-state index in [1.165, 1.54) is 45.3 Å². The van der Waals surface area contributed by atoms with Crippen molar-refractivity contribution < 1.29 is 0 Å². The van der Waals surface area contributed by atoms with E-state index in [0.717, 1.165) is 17.8 Å². The van der Waals surface area contributed by atoms with Crippen LogP contribution in [-0.4, -0.2) is 24.5 Å². The first kappa shape index (κ1) is 9.51. The lowest BCUT2D eigenvalue weighted by Crippen LogP contribution is -2.40. The number of hydrogen-bond acceptors (Lipinski definition) is 1. The van der Waals surface area contributed by atoms with E-state index in [4.69, 9.17) is 0 Å². The van der Waals surface area contributed by atoms with Crippen molar-refractivity contribution in [2.24, 2.45) is 17.8 Å². The van der Waals surface area contributed by atoms with Gasteiger partial charge in [-0.2, -0.15) is 0 Å². The predicted molar refractivity (Wildman–Crippen MR) is 56.7 cm³/mol. The first-order valence-corrected chi connectivity index (χ1v) is 6.00. The third-order valence-corrected chi connectivity index (χ3v) is 3.61. The number of nitrogens with zero attached hydrogens (tertiary/aromatic N) is 1. The number of hydrogen-bond donors (Lipinski definition) is 0. The fourth-order valence-corrected chi connectivity index (χ4v) is 2.71. The quantitative estimate of drug-likeness (QED) is 0.647. The van der Waals surface area contributed by atoms with Gasteiger partial charge in [-0.25, -0.2) is 0 Å². The molecule has 0 bridgehead atoms. The van der Waals surface area contributed by atoms with Crippen molar-refractivity contribution in [1.82, 2.24) is 4.90 Å². The van der Waals surface area contributed by atoms with E-state index in [2.05, 4.69) is 18.7 Å². The van der Waals surface area contributed by atoms with Gasteiger partial charge in [0.05, 0.1) is 0 Å². The largest absolute Gasteiger partial charge is 0.303 e. The molecule has 0 unspecified atom stereocenters. The van der Waals surface area contributed by atoms with E-state index < -0.39 is 0 Å². The standard InChI is InChI=1S/C12H23N/c1-3-11-6-10(2)7-13(8-11)9-12-4-5-12/h10-12H,3-9H2,1-2H3/t10-,11-/m1/s1. The van der Waals surface area contributed by atoms with E-state index in [1.807, 2.05) is 0 Å². The van der Waals surface area contributed by atoms with Crippen LogP contribution in [0.5, 0.6) is 0 Å². The molecule has 13 heavy (non-hydrogen) atoms. The van der Waals surface area contributed by atoms with Crippen molar-refractivity contribution in [3.63, 3.8) is 0 Å². The number of rotatable bonds is 3. The Labute approximate surface area is 82.5 Å². The molecule has 2 rings (SSSR count). The molecular weight excluding hydrogens is 158 g/mol. The Bertz CT molecular complexity index is 161. The van der Waals surface area contributed by atoms with E-state index in [9.17, 15) is 0 Å². The van der Waals surface area contributed by atoms with Crippen molar-refractivity contribution in [3.05, 3.63) is 0 Å². The van der Waals surface area contributed by atoms with E-state index in [-0.39, 0.29) is 0 Å². The molecule has 0 radical (unpaired) electrons. The SMILES string of the molecule is CC[C@@H]1C[C@@H](C)CN(CC2CC2)C1. The molecule has 0 aromatic carbocycles. The van der Waals surface area contributed by atoms with Crippen LogP contribution in [0.2, 0.25) is 0 Å². The third-order valence-electron chi connectivity index (χ3n) is 3.61. The molecule has 1 saturated carbocycles. The van der Waals surface area contributed by atoms with Gasteiger partial charge in [0.15, 0.2) is 0 Å². The molecule has 1 aliphatic heterocycles. The van der Waals surface area contributed by atoms with Gasteiger partial charge in [0.2, 0.25) is 0 Å². The Kier molecular flexibility index (Phi) is 2.92. The molecule has 1 heterocycles. The molecule has 0 amide bonds. The monoisotopic (exact) mass is 181 g/mol. The minimum Gasteiger partial charge on any atom is -0.303 e. The second-order valence-corrected chi connectivity index (χ2v) is 5.28. The summed E-state index contributed by atoms with van der Waals surface area (Å²) in [4.78, 5) is 2.72. The lowest BCUT2D eigenvalue weighted by Gasteiger charge is -2.36. The summed E-state index contributed by atoms with van der Waals surface area (Å²) in [7, 11) is 0. The summed E-state index contributed by atoms with van der Waals surface area (Å²) in [6, 6.07) is 0. The van der Waals surface area contributed by atoms with Gasteiger partial charge in [0.1, 0.15) is 0 Å². The lowest BCUT2D eigenvalue weighted by atomic mass is 9.88. The van der Waals surface area contributed by atoms with Crippen molar-refractivity contribution in [3.8, 4) is 0 Å². The summed E-state index contributed by atoms with van der Waals surface area (Å²) in [6.45, 7) is 8.92. The Morgan fingerprint density at radius 3 is 2.54 bits per heavy atom. The summed E-state index contributed by atoms with van der Waals surface area (Å²) in [5.74, 6) is 3.00. The molecule has 1 heteroatoms. The fourth-order valence-electron chi connectivity index (χ4n) is 2.71. The van der Waals surface area contributed by atoms with Crippen LogP contribution in [0.1, 0.15) is 39.5 Å². The number of likely N-dealkylation sites (tertiary alicyclic amines) is 1. The van der Waals surface area contributed by atoms with Gasteiger partial charge < -0.3 is 4.90 Å². The van der Waals surface area contributed by atoms with Crippen LogP contribution in [0.25, 0.3) is 0 Å². The van der Waals surface area contributed by atoms with Gasteiger partial charge >= 0.3 is 0 Å². The maximum atomic E-state index is 2.72. The molecule has 0 aromatic rings. The highest BCUT2D eigenvalue weighted by atomic mass is 15.1. The molecule has 0 aromatic heterocycles. The topological polar surface area (TPSA) is 3.24 Å². The van der Waals surface area contributed by atoms with Crippen molar-refractivity contribution >= 4 is 0 Å². The van der Waals surface area contributed by atoms with Crippen LogP contribution in [-0.2, 0) is 0 Å². The average Bonchev–Trinajstić information content (AvgIpc) is 2.87. The first-order valence-electron chi connectivity index (χ1n) is 6.00. The second-order valence-electron chi connectivity index (χ2n) is 5.28. The Balaban J connectivity index is 1.80. The molecule has 1 saturated heterocycles. The van der Waals surface area contributed by atoms with Crippen LogP contribution >= 0.6 is 0 Å². The number of piperidine rings is 1. The molecule has 1 nitrogen and oxygen atoms in total. The summed E-state index contributed by atoms with van der Waals surface area (Å²) < 4.78 is 0. The molecule has 2 aliphatic rings. The molecule has 76 valence electrons. The zero-order chi connectivity index (χ0) is 9.26. The van der Waals surface area contributed by atoms with Gasteiger partial charge in [-0.05, 0) is 37.0 Å². The summed E-state index contributed by atoms with van der Waals surface area (Å²) in [6.07, 6.45) is 5.85. The fraction of sp³-hybridized carbons (Fsp3) is 1.00. The highest BCUT2D eigenvalue weighted by molar-refractivity contribution is 4.82. The zero-order valence-electron chi connectivity index (χ0n) is 9.13. The Morgan fingerprint density at radius 1 is 1.15 bits per heavy atom. The molecule has 0 spiro atoms. The van der Waals surface area contributed by atoms with Crippen LogP contribution < -0.4 is 0 Å². The van der Waals surface area contributed by atoms with Gasteiger partial charge in [0, 0.05) is 19.6 Å². The Hall–Kier alpha value is -0.0400. The summed E-state index contributed by atoms with van der Waals surface area (Å²) in [5, 5.41) is 0. The van der Waals surface area contributed by atoms with Crippen LogP contribution in [0.3, 0.4) is 0 Å². The van der Waals surface area contributed by atoms with Gasteiger partial charge in [-0.15, -0.1) is 0 Å². The van der Waals surface area contributed by atoms with Gasteiger partial charge in [-0.1, -0.05) is 20.3 Å². The molecule has 2 atom stereocenters. The van der Waals surface area contributed by atoms with Crippen molar-refractivity contribution in [2.45, 2.75) is 39.5 Å². The Morgan fingerprint density at radius 2 is 1.92 bits per heavy atom. The van der Waals surface area contributed by atoms with Crippen molar-refractivity contribution in [1.29, 1.82) is 0 Å². The average molecular weight is 181 g/mol. The smallest absolute Gasteiger partial charge is 0.000989 e. The highest BCUT2D eigenvalue weighted by Crippen LogP contribution is 2.32. The van der Waals surface area contributed by atoms with Crippen LogP contribution in [0, 0.1) is 17.8 Å². The highest BCUT2D eigenvalue weighted by Gasteiger charge is 2.29. The summed E-state index contributed by atoms with van der Waals surface area (Å²) >= 11 is 0. The molecule has 1 aliphatic carbocycles. The molecular formula is C12H23N. The predicted octanol–water partition coefficient (Wildman–Crippen LogP) is 2.76. The van der Waals surface area contributed by atoms with E-state index in [1.54, 1.807) is 0 Å². The van der Waals surface area contributed by atoms with Crippen LogP contribution in [0.4, 0.5) is 0 Å². The maximum Gasteiger partial charge on any atom is 0.000989 e.